The van der Waals surface area contributed by atoms with Crippen LogP contribution in [0.2, 0.25) is 0 Å². The number of nitrogens with zero attached hydrogens (tertiary/aromatic N) is 1. The molecule has 4 nitrogen and oxygen atoms in total. The third kappa shape index (κ3) is 1.93. The molecule has 0 aliphatic heterocycles. The number of thiophene rings is 1. The van der Waals surface area contributed by atoms with Gasteiger partial charge in [-0.05, 0) is 36.1 Å². The number of fused-ring (bicyclic) bond motifs is 1. The zero-order valence-electron chi connectivity index (χ0n) is 9.93. The summed E-state index contributed by atoms with van der Waals surface area (Å²) in [6.07, 6.45) is 0. The molecule has 0 spiro atoms. The van der Waals surface area contributed by atoms with E-state index in [9.17, 15) is 0 Å². The number of hydrogen-bond acceptors (Lipinski definition) is 5. The van der Waals surface area contributed by atoms with Crippen molar-refractivity contribution < 1.29 is 4.42 Å². The molecule has 0 bridgehead atoms. The Morgan fingerprint density at radius 2 is 2.28 bits per heavy atom. The van der Waals surface area contributed by atoms with Crippen LogP contribution in [0, 0.1) is 6.92 Å². The Hall–Kier alpha value is -2.01. The molecule has 3 N–H and O–H groups in total. The predicted octanol–water partition coefficient (Wildman–Crippen LogP) is 3.39. The van der Waals surface area contributed by atoms with Gasteiger partial charge in [-0.25, -0.2) is 0 Å². The van der Waals surface area contributed by atoms with Crippen LogP contribution in [0.15, 0.2) is 34.1 Å². The van der Waals surface area contributed by atoms with Gasteiger partial charge in [0.05, 0.1) is 12.2 Å². The Bertz CT molecular complexity index is 686. The van der Waals surface area contributed by atoms with Crippen molar-refractivity contribution in [2.75, 3.05) is 11.1 Å². The lowest BCUT2D eigenvalue weighted by atomic mass is 10.3. The molecule has 0 saturated heterocycles. The van der Waals surface area contributed by atoms with Gasteiger partial charge in [-0.2, -0.15) is 4.98 Å². The van der Waals surface area contributed by atoms with Gasteiger partial charge in [0.15, 0.2) is 5.58 Å². The summed E-state index contributed by atoms with van der Waals surface area (Å²) in [5.74, 6) is 0. The molecule has 2 aromatic heterocycles. The molecule has 3 rings (SSSR count). The minimum atomic E-state index is 0.510. The average Bonchev–Trinajstić information content (AvgIpc) is 2.93. The molecule has 0 radical (unpaired) electrons. The number of nitrogens with two attached hydrogens (primary N) is 1. The molecule has 0 atom stereocenters. The van der Waals surface area contributed by atoms with E-state index in [-0.39, 0.29) is 0 Å². The summed E-state index contributed by atoms with van der Waals surface area (Å²) in [7, 11) is 0. The number of anilines is 2. The lowest BCUT2D eigenvalue weighted by Crippen LogP contribution is -1.98. The maximum atomic E-state index is 5.84. The number of rotatable bonds is 3. The van der Waals surface area contributed by atoms with E-state index in [1.165, 1.54) is 10.4 Å². The molecule has 5 heteroatoms. The van der Waals surface area contributed by atoms with E-state index in [4.69, 9.17) is 10.2 Å². The number of nitrogens with one attached hydrogen (secondary N) is 1. The molecule has 92 valence electrons. The smallest absolute Gasteiger partial charge is 0.296 e. The quantitative estimate of drug-likeness (QED) is 0.708. The standard InChI is InChI=1S/C13H13N3OS/c1-8-5-6-18-11(8)7-15-13-16-12-9(14)3-2-4-10(12)17-13/h2-6H,7,14H2,1H3,(H,15,16). The fourth-order valence-corrected chi connectivity index (χ4v) is 2.63. The molecule has 0 aliphatic rings. The summed E-state index contributed by atoms with van der Waals surface area (Å²) in [5, 5.41) is 5.26. The van der Waals surface area contributed by atoms with Gasteiger partial charge in [0.25, 0.3) is 6.01 Å². The van der Waals surface area contributed by atoms with Gasteiger partial charge in [-0.3, -0.25) is 0 Å². The number of aromatic nitrogens is 1. The summed E-state index contributed by atoms with van der Waals surface area (Å²) in [4.78, 5) is 5.63. The Kier molecular flexibility index (Phi) is 2.68. The van der Waals surface area contributed by atoms with E-state index in [1.54, 1.807) is 11.3 Å². The molecule has 0 saturated carbocycles. The summed E-state index contributed by atoms with van der Waals surface area (Å²) in [6.45, 7) is 2.81. The van der Waals surface area contributed by atoms with Gasteiger partial charge in [0, 0.05) is 4.88 Å². The van der Waals surface area contributed by atoms with E-state index in [0.717, 1.165) is 6.54 Å². The normalized spacial score (nSPS) is 10.9. The Labute approximate surface area is 108 Å². The number of benzene rings is 1. The monoisotopic (exact) mass is 259 g/mol. The van der Waals surface area contributed by atoms with Crippen LogP contribution in [-0.2, 0) is 6.54 Å². The summed E-state index contributed by atoms with van der Waals surface area (Å²) >= 11 is 1.72. The zero-order chi connectivity index (χ0) is 12.5. The van der Waals surface area contributed by atoms with Crippen molar-refractivity contribution in [3.8, 4) is 0 Å². The molecule has 0 fully saturated rings. The second kappa shape index (κ2) is 4.34. The highest BCUT2D eigenvalue weighted by Crippen LogP contribution is 2.24. The number of oxazole rings is 1. The van der Waals surface area contributed by atoms with Crippen molar-refractivity contribution in [3.63, 3.8) is 0 Å². The molecule has 18 heavy (non-hydrogen) atoms. The van der Waals surface area contributed by atoms with Crippen LogP contribution in [0.1, 0.15) is 10.4 Å². The fourth-order valence-electron chi connectivity index (χ4n) is 1.79. The van der Waals surface area contributed by atoms with E-state index in [1.807, 2.05) is 18.2 Å². The van der Waals surface area contributed by atoms with Gasteiger partial charge in [0.2, 0.25) is 0 Å². The molecule has 0 amide bonds. The van der Waals surface area contributed by atoms with Gasteiger partial charge in [-0.15, -0.1) is 11.3 Å². The largest absolute Gasteiger partial charge is 0.423 e. The highest BCUT2D eigenvalue weighted by molar-refractivity contribution is 7.10. The van der Waals surface area contributed by atoms with Crippen molar-refractivity contribution in [1.29, 1.82) is 0 Å². The third-order valence-electron chi connectivity index (χ3n) is 2.82. The van der Waals surface area contributed by atoms with Crippen LogP contribution >= 0.6 is 11.3 Å². The first-order chi connectivity index (χ1) is 8.74. The number of hydrogen-bond donors (Lipinski definition) is 2. The topological polar surface area (TPSA) is 64.1 Å². The fraction of sp³-hybridized carbons (Fsp3) is 0.154. The van der Waals surface area contributed by atoms with Gasteiger partial charge in [-0.1, -0.05) is 6.07 Å². The van der Waals surface area contributed by atoms with E-state index in [2.05, 4.69) is 28.7 Å². The lowest BCUT2D eigenvalue weighted by molar-refractivity contribution is 0.615. The second-order valence-electron chi connectivity index (χ2n) is 4.09. The van der Waals surface area contributed by atoms with Crippen LogP contribution in [-0.4, -0.2) is 4.98 Å². The Balaban J connectivity index is 1.83. The summed E-state index contributed by atoms with van der Waals surface area (Å²) in [5.41, 5.74) is 9.17. The first-order valence-corrected chi connectivity index (χ1v) is 6.54. The van der Waals surface area contributed by atoms with Gasteiger partial charge in [0.1, 0.15) is 5.52 Å². The minimum absolute atomic E-state index is 0.510. The molecule has 1 aromatic carbocycles. The molecule has 2 heterocycles. The minimum Gasteiger partial charge on any atom is -0.423 e. The Morgan fingerprint density at radius 3 is 3.00 bits per heavy atom. The number of aryl methyl sites for hydroxylation is 1. The number of para-hydroxylation sites is 1. The van der Waals surface area contributed by atoms with Crippen LogP contribution < -0.4 is 11.1 Å². The van der Waals surface area contributed by atoms with Crippen molar-refractivity contribution in [2.45, 2.75) is 13.5 Å². The lowest BCUT2D eigenvalue weighted by Gasteiger charge is -1.99. The average molecular weight is 259 g/mol. The molecule has 0 aliphatic carbocycles. The Morgan fingerprint density at radius 1 is 1.39 bits per heavy atom. The summed E-state index contributed by atoms with van der Waals surface area (Å²) < 4.78 is 5.59. The van der Waals surface area contributed by atoms with E-state index < -0.39 is 0 Å². The van der Waals surface area contributed by atoms with Crippen molar-refractivity contribution >= 4 is 34.1 Å². The van der Waals surface area contributed by atoms with E-state index >= 15 is 0 Å². The first kappa shape index (κ1) is 11.1. The first-order valence-electron chi connectivity index (χ1n) is 5.66. The summed E-state index contributed by atoms with van der Waals surface area (Å²) in [6, 6.07) is 8.15. The van der Waals surface area contributed by atoms with Crippen molar-refractivity contribution in [2.24, 2.45) is 0 Å². The van der Waals surface area contributed by atoms with Crippen LogP contribution in [0.4, 0.5) is 11.7 Å². The van der Waals surface area contributed by atoms with Gasteiger partial charge < -0.3 is 15.5 Å². The van der Waals surface area contributed by atoms with Crippen molar-refractivity contribution in [3.05, 3.63) is 40.1 Å². The molecular formula is C13H13N3OS. The molecular weight excluding hydrogens is 246 g/mol. The van der Waals surface area contributed by atoms with E-state index in [0.29, 0.717) is 22.8 Å². The van der Waals surface area contributed by atoms with Crippen molar-refractivity contribution in [1.82, 2.24) is 4.98 Å². The highest BCUT2D eigenvalue weighted by atomic mass is 32.1. The zero-order valence-corrected chi connectivity index (χ0v) is 10.8. The maximum Gasteiger partial charge on any atom is 0.296 e. The maximum absolute atomic E-state index is 5.84. The molecule has 3 aromatic rings. The SMILES string of the molecule is Cc1ccsc1CNc1nc2c(N)cccc2o1. The number of nitrogen functional groups attached to an aromatic ring is 1. The second-order valence-corrected chi connectivity index (χ2v) is 5.09. The van der Waals surface area contributed by atoms with Crippen LogP contribution in [0.5, 0.6) is 0 Å². The molecule has 0 unspecified atom stereocenters. The van der Waals surface area contributed by atoms with Crippen LogP contribution in [0.25, 0.3) is 11.1 Å². The third-order valence-corrected chi connectivity index (χ3v) is 3.84. The van der Waals surface area contributed by atoms with Crippen LogP contribution in [0.3, 0.4) is 0 Å². The highest BCUT2D eigenvalue weighted by Gasteiger charge is 2.08. The predicted molar refractivity (Wildman–Crippen MR) is 74.8 cm³/mol. The van der Waals surface area contributed by atoms with Gasteiger partial charge >= 0.3 is 0 Å².